The molecule has 2 heterocycles. The van der Waals surface area contributed by atoms with Crippen molar-refractivity contribution in [2.24, 2.45) is 5.92 Å². The Kier molecular flexibility index (Phi) is 4.88. The largest absolute Gasteiger partial charge is 0.508 e. The second kappa shape index (κ2) is 7.19. The quantitative estimate of drug-likeness (QED) is 0.625. The highest BCUT2D eigenvalue weighted by atomic mass is 16.3. The molecule has 2 saturated heterocycles. The molecule has 1 aromatic carbocycles. The molecule has 3 amide bonds. The Balaban J connectivity index is 1.62. The summed E-state index contributed by atoms with van der Waals surface area (Å²) in [7, 11) is 0. The number of likely N-dealkylation sites (tertiary alicyclic amines) is 1. The first-order chi connectivity index (χ1) is 15.2. The Morgan fingerprint density at radius 1 is 1.19 bits per heavy atom. The molecule has 4 atom stereocenters. The number of carbonyl (C=O) groups is 2. The van der Waals surface area contributed by atoms with Crippen LogP contribution in [0.2, 0.25) is 0 Å². The van der Waals surface area contributed by atoms with Gasteiger partial charge in [0.15, 0.2) is 0 Å². The lowest BCUT2D eigenvalue weighted by Crippen LogP contribution is -2.73. The summed E-state index contributed by atoms with van der Waals surface area (Å²) >= 11 is 0. The van der Waals surface area contributed by atoms with Crippen LogP contribution in [-0.2, 0) is 10.2 Å². The lowest BCUT2D eigenvalue weighted by atomic mass is 9.49. The number of aromatic hydroxyl groups is 1. The number of benzene rings is 1. The molecule has 7 nitrogen and oxygen atoms in total. The van der Waals surface area contributed by atoms with Crippen LogP contribution in [0.1, 0.15) is 63.5 Å². The van der Waals surface area contributed by atoms with E-state index in [1.54, 1.807) is 12.1 Å². The Labute approximate surface area is 189 Å². The Morgan fingerprint density at radius 2 is 1.94 bits per heavy atom. The Hall–Kier alpha value is -2.12. The van der Waals surface area contributed by atoms with Crippen LogP contribution in [0.25, 0.3) is 0 Å². The third kappa shape index (κ3) is 2.93. The van der Waals surface area contributed by atoms with Gasteiger partial charge in [-0.1, -0.05) is 6.07 Å². The van der Waals surface area contributed by atoms with Gasteiger partial charge < -0.3 is 15.5 Å². The molecule has 4 unspecified atom stereocenters. The van der Waals surface area contributed by atoms with Crippen LogP contribution in [0.4, 0.5) is 4.79 Å². The molecule has 3 N–H and O–H groups in total. The summed E-state index contributed by atoms with van der Waals surface area (Å²) in [6.45, 7) is 8.08. The average molecular weight is 442 g/mol. The van der Waals surface area contributed by atoms with Gasteiger partial charge in [0.05, 0.1) is 5.60 Å². The normalized spacial score (nSPS) is 37.6. The molecule has 2 aliphatic heterocycles. The lowest BCUT2D eigenvalue weighted by molar-refractivity contribution is -0.172. The topological polar surface area (TPSA) is 93.1 Å². The smallest absolute Gasteiger partial charge is 0.325 e. The van der Waals surface area contributed by atoms with Crippen LogP contribution in [0, 0.1) is 12.8 Å². The number of hydrogen-bond acceptors (Lipinski definition) is 5. The van der Waals surface area contributed by atoms with E-state index < -0.39 is 16.6 Å². The molecule has 0 bridgehead atoms. The zero-order chi connectivity index (χ0) is 22.9. The molecule has 32 heavy (non-hydrogen) atoms. The number of aliphatic hydroxyl groups is 1. The van der Waals surface area contributed by atoms with Crippen LogP contribution < -0.4 is 5.32 Å². The number of imide groups is 1. The van der Waals surface area contributed by atoms with E-state index in [4.69, 9.17) is 0 Å². The van der Waals surface area contributed by atoms with E-state index in [9.17, 15) is 19.8 Å². The summed E-state index contributed by atoms with van der Waals surface area (Å²) < 4.78 is 0. The number of hydrogen-bond donors (Lipinski definition) is 3. The van der Waals surface area contributed by atoms with E-state index in [1.165, 1.54) is 17.7 Å². The number of aryl methyl sites for hydroxylation is 1. The number of carbonyl (C=O) groups excluding carboxylic acids is 2. The molecule has 4 fully saturated rings. The number of phenolic OH excluding ortho intramolecular Hbond substituents is 1. The summed E-state index contributed by atoms with van der Waals surface area (Å²) in [5.41, 5.74) is -0.913. The molecule has 5 rings (SSSR count). The monoisotopic (exact) mass is 441 g/mol. The second-order valence-electron chi connectivity index (χ2n) is 10.6. The zero-order valence-electron chi connectivity index (χ0n) is 19.4. The first-order valence-electron chi connectivity index (χ1n) is 12.1. The maximum absolute atomic E-state index is 13.4. The molecule has 1 aromatic rings. The van der Waals surface area contributed by atoms with E-state index >= 15 is 0 Å². The minimum atomic E-state index is -1.06. The van der Waals surface area contributed by atoms with Crippen molar-refractivity contribution < 1.29 is 19.8 Å². The average Bonchev–Trinajstić information content (AvgIpc) is 3.54. The van der Waals surface area contributed by atoms with Crippen molar-refractivity contribution in [3.63, 3.8) is 0 Å². The molecule has 7 heteroatoms. The molecule has 2 saturated carbocycles. The van der Waals surface area contributed by atoms with Crippen LogP contribution in [-0.4, -0.2) is 68.8 Å². The van der Waals surface area contributed by atoms with Gasteiger partial charge in [-0.15, -0.1) is 0 Å². The summed E-state index contributed by atoms with van der Waals surface area (Å²) in [5, 5.41) is 25.8. The fourth-order valence-corrected chi connectivity index (χ4v) is 6.87. The maximum atomic E-state index is 13.4. The van der Waals surface area contributed by atoms with Crippen molar-refractivity contribution in [2.75, 3.05) is 19.6 Å². The number of nitrogens with zero attached hydrogens (tertiary/aromatic N) is 2. The van der Waals surface area contributed by atoms with Crippen molar-refractivity contribution in [3.8, 4) is 5.75 Å². The molecule has 174 valence electrons. The molecule has 1 spiro atoms. The fourth-order valence-electron chi connectivity index (χ4n) is 6.87. The van der Waals surface area contributed by atoms with Gasteiger partial charge in [0.2, 0.25) is 0 Å². The first-order valence-corrected chi connectivity index (χ1v) is 12.1. The second-order valence-corrected chi connectivity index (χ2v) is 10.6. The number of amides is 3. The molecule has 2 aliphatic carbocycles. The Bertz CT molecular complexity index is 963. The predicted octanol–water partition coefficient (Wildman–Crippen LogP) is 2.67. The summed E-state index contributed by atoms with van der Waals surface area (Å²) in [4.78, 5) is 29.8. The van der Waals surface area contributed by atoms with Crippen LogP contribution in [0.3, 0.4) is 0 Å². The number of nitrogens with one attached hydrogen (secondary N) is 1. The van der Waals surface area contributed by atoms with E-state index in [0.717, 1.165) is 30.1 Å². The number of phenols is 1. The number of urea groups is 1. The van der Waals surface area contributed by atoms with Gasteiger partial charge in [-0.25, -0.2) is 4.79 Å². The van der Waals surface area contributed by atoms with Gasteiger partial charge in [0.1, 0.15) is 11.3 Å². The van der Waals surface area contributed by atoms with Crippen LogP contribution in [0.5, 0.6) is 5.75 Å². The van der Waals surface area contributed by atoms with Gasteiger partial charge in [-0.2, -0.15) is 0 Å². The van der Waals surface area contributed by atoms with E-state index in [2.05, 4.69) is 17.1 Å². The summed E-state index contributed by atoms with van der Waals surface area (Å²) in [6.07, 6.45) is 4.40. The Morgan fingerprint density at radius 3 is 2.59 bits per heavy atom. The third-order valence-corrected chi connectivity index (χ3v) is 8.92. The standard InChI is InChI=1S/C25H35N3O4/c1-4-28-21(30)24(26-22(28)31)9-10-25(32)17(3)27(14-18-6-7-18)12-11-23(25,15-24)20-13-19(29)8-5-16(20)2/h5,8,13,17-18,29,32H,4,6-7,9-12,14-15H2,1-3H3,(H,26,31). The van der Waals surface area contributed by atoms with Gasteiger partial charge in [0, 0.05) is 24.5 Å². The third-order valence-electron chi connectivity index (χ3n) is 8.92. The van der Waals surface area contributed by atoms with Crippen LogP contribution >= 0.6 is 0 Å². The fraction of sp³-hybridized carbons (Fsp3) is 0.680. The highest BCUT2D eigenvalue weighted by Gasteiger charge is 2.68. The predicted molar refractivity (Wildman–Crippen MR) is 120 cm³/mol. The minimum absolute atomic E-state index is 0.0783. The van der Waals surface area contributed by atoms with Crippen LogP contribution in [0.15, 0.2) is 18.2 Å². The van der Waals surface area contributed by atoms with Crippen molar-refractivity contribution in [1.29, 1.82) is 0 Å². The first kappa shape index (κ1) is 21.7. The number of rotatable bonds is 4. The van der Waals surface area contributed by atoms with Gasteiger partial charge in [-0.05, 0) is 95.0 Å². The number of piperidine rings is 1. The molecular weight excluding hydrogens is 406 g/mol. The van der Waals surface area contributed by atoms with Gasteiger partial charge in [0.25, 0.3) is 5.91 Å². The highest BCUT2D eigenvalue weighted by Crippen LogP contribution is 2.58. The minimum Gasteiger partial charge on any atom is -0.508 e. The molecule has 0 radical (unpaired) electrons. The van der Waals surface area contributed by atoms with Gasteiger partial charge in [-0.3, -0.25) is 14.6 Å². The molecular formula is C25H35N3O4. The summed E-state index contributed by atoms with van der Waals surface area (Å²) in [6, 6.07) is 4.90. The number of likely N-dealkylation sites (N-methyl/N-ethyl adjacent to an activating group) is 1. The van der Waals surface area contributed by atoms with Crippen molar-refractivity contribution in [3.05, 3.63) is 29.3 Å². The molecule has 4 aliphatic rings. The van der Waals surface area contributed by atoms with Crippen molar-refractivity contribution in [2.45, 2.75) is 81.9 Å². The SMILES string of the molecule is CCN1C(=O)NC2(CCC3(O)C(C)N(CC4CC4)CCC3(c3cc(O)ccc3C)C2)C1=O. The van der Waals surface area contributed by atoms with E-state index in [1.807, 2.05) is 19.9 Å². The van der Waals surface area contributed by atoms with Crippen molar-refractivity contribution >= 4 is 11.9 Å². The van der Waals surface area contributed by atoms with Crippen molar-refractivity contribution in [1.82, 2.24) is 15.1 Å². The lowest BCUT2D eigenvalue weighted by Gasteiger charge is -2.63. The number of fused-ring (bicyclic) bond motifs is 1. The summed E-state index contributed by atoms with van der Waals surface area (Å²) in [5.74, 6) is 0.698. The maximum Gasteiger partial charge on any atom is 0.325 e. The molecule has 0 aromatic heterocycles. The van der Waals surface area contributed by atoms with Gasteiger partial charge >= 0.3 is 6.03 Å². The van der Waals surface area contributed by atoms with E-state index in [0.29, 0.717) is 32.2 Å². The highest BCUT2D eigenvalue weighted by molar-refractivity contribution is 6.07. The van der Waals surface area contributed by atoms with E-state index in [-0.39, 0.29) is 23.7 Å². The zero-order valence-corrected chi connectivity index (χ0v) is 19.4.